The molecule has 0 saturated carbocycles. The van der Waals surface area contributed by atoms with E-state index in [0.717, 1.165) is 26.1 Å². The van der Waals surface area contributed by atoms with Crippen molar-refractivity contribution in [1.29, 1.82) is 0 Å². The van der Waals surface area contributed by atoms with Gasteiger partial charge in [0, 0.05) is 25.9 Å². The minimum atomic E-state index is 0.321. The summed E-state index contributed by atoms with van der Waals surface area (Å²) in [6, 6.07) is 9.17. The maximum Gasteiger partial charge on any atom is 0.0750 e. The van der Waals surface area contributed by atoms with Crippen LogP contribution in [0.4, 0.5) is 5.69 Å². The van der Waals surface area contributed by atoms with Gasteiger partial charge in [-0.1, -0.05) is 25.1 Å². The van der Waals surface area contributed by atoms with Gasteiger partial charge in [0.05, 0.1) is 12.1 Å². The zero-order valence-electron chi connectivity index (χ0n) is 12.4. The topological polar surface area (TPSA) is 24.5 Å². The lowest BCUT2D eigenvalue weighted by molar-refractivity contribution is 0.118. The third kappa shape index (κ3) is 3.48. The predicted molar refractivity (Wildman–Crippen MR) is 80.7 cm³/mol. The van der Waals surface area contributed by atoms with Gasteiger partial charge in [-0.3, -0.25) is 0 Å². The molecule has 106 valence electrons. The summed E-state index contributed by atoms with van der Waals surface area (Å²) < 4.78 is 5.69. The van der Waals surface area contributed by atoms with Crippen molar-refractivity contribution in [3.8, 4) is 0 Å². The van der Waals surface area contributed by atoms with Crippen LogP contribution in [0.25, 0.3) is 0 Å². The third-order valence-electron chi connectivity index (χ3n) is 3.95. The summed E-state index contributed by atoms with van der Waals surface area (Å²) in [6.45, 7) is 7.26. The third-order valence-corrected chi connectivity index (χ3v) is 3.95. The number of anilines is 1. The van der Waals surface area contributed by atoms with Crippen LogP contribution in [0, 0.1) is 0 Å². The number of nitrogens with one attached hydrogen (secondary N) is 1. The van der Waals surface area contributed by atoms with Crippen molar-refractivity contribution in [3.05, 3.63) is 29.8 Å². The fourth-order valence-corrected chi connectivity index (χ4v) is 2.81. The molecule has 19 heavy (non-hydrogen) atoms. The molecule has 1 aliphatic rings. The Balaban J connectivity index is 2.09. The first kappa shape index (κ1) is 14.4. The van der Waals surface area contributed by atoms with E-state index in [9.17, 15) is 0 Å². The van der Waals surface area contributed by atoms with Gasteiger partial charge >= 0.3 is 0 Å². The fourth-order valence-electron chi connectivity index (χ4n) is 2.81. The van der Waals surface area contributed by atoms with Crippen molar-refractivity contribution in [1.82, 2.24) is 5.32 Å². The highest BCUT2D eigenvalue weighted by atomic mass is 16.5. The Morgan fingerprint density at radius 1 is 1.37 bits per heavy atom. The molecule has 1 fully saturated rings. The van der Waals surface area contributed by atoms with Crippen LogP contribution in [-0.4, -0.2) is 32.3 Å². The van der Waals surface area contributed by atoms with Crippen molar-refractivity contribution in [3.63, 3.8) is 0 Å². The van der Waals surface area contributed by atoms with Gasteiger partial charge in [0.1, 0.15) is 0 Å². The highest BCUT2D eigenvalue weighted by Crippen LogP contribution is 2.27. The van der Waals surface area contributed by atoms with Crippen LogP contribution >= 0.6 is 0 Å². The Kier molecular flexibility index (Phi) is 5.23. The Labute approximate surface area is 116 Å². The lowest BCUT2D eigenvalue weighted by atomic mass is 10.1. The van der Waals surface area contributed by atoms with E-state index in [1.807, 2.05) is 0 Å². The summed E-state index contributed by atoms with van der Waals surface area (Å²) in [7, 11) is 2.19. The molecule has 1 aromatic rings. The highest BCUT2D eigenvalue weighted by Gasteiger charge is 2.28. The molecule has 1 saturated heterocycles. The monoisotopic (exact) mass is 262 g/mol. The average molecular weight is 262 g/mol. The molecule has 2 atom stereocenters. The number of rotatable bonds is 6. The van der Waals surface area contributed by atoms with Gasteiger partial charge in [-0.15, -0.1) is 0 Å². The van der Waals surface area contributed by atoms with Crippen LogP contribution in [0.1, 0.15) is 32.3 Å². The molecule has 2 unspecified atom stereocenters. The summed E-state index contributed by atoms with van der Waals surface area (Å²) in [4.78, 5) is 2.39. The molecule has 1 aliphatic heterocycles. The van der Waals surface area contributed by atoms with Gasteiger partial charge in [0.15, 0.2) is 0 Å². The molecule has 1 N–H and O–H groups in total. The number of ether oxygens (including phenoxy) is 1. The summed E-state index contributed by atoms with van der Waals surface area (Å²) >= 11 is 0. The maximum absolute atomic E-state index is 5.69. The summed E-state index contributed by atoms with van der Waals surface area (Å²) in [5, 5.41) is 3.49. The molecule has 0 radical (unpaired) electrons. The van der Waals surface area contributed by atoms with Gasteiger partial charge in [-0.2, -0.15) is 0 Å². The van der Waals surface area contributed by atoms with E-state index in [-0.39, 0.29) is 0 Å². The lowest BCUT2D eigenvalue weighted by Crippen LogP contribution is -2.37. The molecule has 1 heterocycles. The van der Waals surface area contributed by atoms with Gasteiger partial charge in [-0.05, 0) is 37.9 Å². The van der Waals surface area contributed by atoms with E-state index in [0.29, 0.717) is 12.1 Å². The number of hydrogen-bond acceptors (Lipinski definition) is 3. The summed E-state index contributed by atoms with van der Waals surface area (Å²) in [5.74, 6) is 0. The van der Waals surface area contributed by atoms with E-state index in [2.05, 4.69) is 55.4 Å². The first-order valence-electron chi connectivity index (χ1n) is 7.37. The van der Waals surface area contributed by atoms with E-state index in [1.165, 1.54) is 17.7 Å². The zero-order valence-corrected chi connectivity index (χ0v) is 12.4. The molecular weight excluding hydrogens is 236 g/mol. The summed E-state index contributed by atoms with van der Waals surface area (Å²) in [5.41, 5.74) is 2.70. The first-order valence-corrected chi connectivity index (χ1v) is 7.37. The van der Waals surface area contributed by atoms with E-state index in [1.54, 1.807) is 0 Å². The molecular formula is C16H26N2O. The van der Waals surface area contributed by atoms with Gasteiger partial charge in [0.25, 0.3) is 0 Å². The fraction of sp³-hybridized carbons (Fsp3) is 0.625. The Bertz CT molecular complexity index is 394. The second-order valence-corrected chi connectivity index (χ2v) is 5.35. The van der Waals surface area contributed by atoms with E-state index in [4.69, 9.17) is 4.74 Å². The molecule has 0 amide bonds. The summed E-state index contributed by atoms with van der Waals surface area (Å²) in [6.07, 6.45) is 2.61. The molecule has 0 aromatic heterocycles. The van der Waals surface area contributed by atoms with Crippen molar-refractivity contribution in [2.75, 3.05) is 25.1 Å². The highest BCUT2D eigenvalue weighted by molar-refractivity contribution is 5.54. The van der Waals surface area contributed by atoms with Crippen LogP contribution in [0.3, 0.4) is 0 Å². The largest absolute Gasteiger partial charge is 0.376 e. The lowest BCUT2D eigenvalue weighted by Gasteiger charge is -2.30. The van der Waals surface area contributed by atoms with Crippen LogP contribution in [0.5, 0.6) is 0 Å². The van der Waals surface area contributed by atoms with Gasteiger partial charge < -0.3 is 15.0 Å². The molecule has 0 bridgehead atoms. The second kappa shape index (κ2) is 6.92. The molecule has 1 aromatic carbocycles. The number of benzene rings is 1. The minimum Gasteiger partial charge on any atom is -0.376 e. The average Bonchev–Trinajstić information content (AvgIpc) is 2.85. The Morgan fingerprint density at radius 2 is 2.16 bits per heavy atom. The minimum absolute atomic E-state index is 0.321. The van der Waals surface area contributed by atoms with Crippen molar-refractivity contribution >= 4 is 5.69 Å². The standard InChI is InChI=1S/C16H26N2O/c1-4-10-17-12-14-7-5-6-8-16(14)18(3)15-9-11-19-13(15)2/h5-8,13,15,17H,4,9-12H2,1-3H3. The van der Waals surface area contributed by atoms with Gasteiger partial charge in [-0.25, -0.2) is 0 Å². The molecule has 3 heteroatoms. The van der Waals surface area contributed by atoms with Crippen molar-refractivity contribution < 1.29 is 4.74 Å². The number of nitrogens with zero attached hydrogens (tertiary/aromatic N) is 1. The first-order chi connectivity index (χ1) is 9.24. The van der Waals surface area contributed by atoms with Gasteiger partial charge in [0.2, 0.25) is 0 Å². The smallest absolute Gasteiger partial charge is 0.0750 e. The second-order valence-electron chi connectivity index (χ2n) is 5.35. The van der Waals surface area contributed by atoms with Crippen molar-refractivity contribution in [2.24, 2.45) is 0 Å². The number of para-hydroxylation sites is 1. The zero-order chi connectivity index (χ0) is 13.7. The SMILES string of the molecule is CCCNCc1ccccc1N(C)C1CCOC1C. The predicted octanol–water partition coefficient (Wildman–Crippen LogP) is 2.80. The number of likely N-dealkylation sites (N-methyl/N-ethyl adjacent to an activating group) is 1. The quantitative estimate of drug-likeness (QED) is 0.798. The molecule has 3 nitrogen and oxygen atoms in total. The van der Waals surface area contributed by atoms with Crippen LogP contribution in [0.15, 0.2) is 24.3 Å². The Morgan fingerprint density at radius 3 is 2.84 bits per heavy atom. The Hall–Kier alpha value is -1.06. The van der Waals surface area contributed by atoms with Crippen LogP contribution in [0.2, 0.25) is 0 Å². The molecule has 0 aliphatic carbocycles. The van der Waals surface area contributed by atoms with Crippen LogP contribution < -0.4 is 10.2 Å². The van der Waals surface area contributed by atoms with E-state index < -0.39 is 0 Å². The number of hydrogen-bond donors (Lipinski definition) is 1. The van der Waals surface area contributed by atoms with E-state index >= 15 is 0 Å². The normalized spacial score (nSPS) is 22.7. The maximum atomic E-state index is 5.69. The van der Waals surface area contributed by atoms with Crippen LogP contribution in [-0.2, 0) is 11.3 Å². The molecule has 2 rings (SSSR count). The van der Waals surface area contributed by atoms with Crippen molar-refractivity contribution in [2.45, 2.75) is 45.4 Å². The molecule has 0 spiro atoms.